The Morgan fingerprint density at radius 3 is 2.60 bits per heavy atom. The van der Waals surface area contributed by atoms with Crippen LogP contribution in [0.15, 0.2) is 42.6 Å². The fourth-order valence-electron chi connectivity index (χ4n) is 1.54. The first-order valence-corrected chi connectivity index (χ1v) is 6.72. The van der Waals surface area contributed by atoms with Crippen molar-refractivity contribution in [1.82, 2.24) is 4.98 Å². The molecule has 0 aliphatic rings. The highest BCUT2D eigenvalue weighted by Gasteiger charge is 2.07. The first-order valence-electron chi connectivity index (χ1n) is 6.34. The van der Waals surface area contributed by atoms with Crippen molar-refractivity contribution in [3.05, 3.63) is 47.6 Å². The van der Waals surface area contributed by atoms with Crippen LogP contribution in [-0.2, 0) is 4.79 Å². The van der Waals surface area contributed by atoms with Gasteiger partial charge in [-0.3, -0.25) is 4.79 Å². The fraction of sp³-hybridized carbons (Fsp3) is 0.200. The predicted octanol–water partition coefficient (Wildman–Crippen LogP) is 4.07. The summed E-state index contributed by atoms with van der Waals surface area (Å²) in [5.74, 6) is 0.608. The van der Waals surface area contributed by atoms with Crippen molar-refractivity contribution < 1.29 is 4.79 Å². The van der Waals surface area contributed by atoms with Crippen LogP contribution in [-0.4, -0.2) is 10.9 Å². The minimum atomic E-state index is -0.0562. The molecule has 104 valence electrons. The molecule has 0 spiro atoms. The molecular formula is C15H16ClN3O. The van der Waals surface area contributed by atoms with E-state index in [9.17, 15) is 4.79 Å². The van der Waals surface area contributed by atoms with Crippen LogP contribution in [0, 0.1) is 5.92 Å². The van der Waals surface area contributed by atoms with Gasteiger partial charge in [-0.15, -0.1) is 0 Å². The highest BCUT2D eigenvalue weighted by molar-refractivity contribution is 6.30. The number of hydrogen-bond donors (Lipinski definition) is 2. The lowest BCUT2D eigenvalue weighted by atomic mass is 10.2. The van der Waals surface area contributed by atoms with E-state index in [1.165, 1.54) is 0 Å². The van der Waals surface area contributed by atoms with Gasteiger partial charge < -0.3 is 10.6 Å². The number of carbonyl (C=O) groups is 1. The Bertz CT molecular complexity index is 596. The summed E-state index contributed by atoms with van der Waals surface area (Å²) in [6, 6.07) is 11.0. The monoisotopic (exact) mass is 289 g/mol. The normalized spacial score (nSPS) is 10.4. The number of nitrogens with zero attached hydrogens (tertiary/aromatic N) is 1. The Balaban J connectivity index is 2.03. The zero-order chi connectivity index (χ0) is 14.5. The Morgan fingerprint density at radius 2 is 2.00 bits per heavy atom. The van der Waals surface area contributed by atoms with Crippen molar-refractivity contribution >= 4 is 34.7 Å². The molecule has 1 aromatic heterocycles. The number of nitrogens with one attached hydrogen (secondary N) is 2. The molecule has 0 saturated carbocycles. The van der Waals surface area contributed by atoms with Crippen LogP contribution in [0.5, 0.6) is 0 Å². The molecule has 2 N–H and O–H groups in total. The van der Waals surface area contributed by atoms with Crippen molar-refractivity contribution in [3.63, 3.8) is 0 Å². The summed E-state index contributed by atoms with van der Waals surface area (Å²) in [5, 5.41) is 6.59. The average molecular weight is 290 g/mol. The molecule has 4 nitrogen and oxygen atoms in total. The van der Waals surface area contributed by atoms with E-state index < -0.39 is 0 Å². The molecular weight excluding hydrogens is 274 g/mol. The van der Waals surface area contributed by atoms with Crippen LogP contribution in [0.3, 0.4) is 0 Å². The zero-order valence-electron chi connectivity index (χ0n) is 11.4. The molecule has 1 amide bonds. The standard InChI is InChI=1S/C15H16ClN3O/c1-10(2)15(20)19-13-6-7-14(17-9-13)18-12-5-3-4-11(16)8-12/h3-10H,1-2H3,(H,17,18)(H,19,20). The summed E-state index contributed by atoms with van der Waals surface area (Å²) >= 11 is 5.92. The van der Waals surface area contributed by atoms with Crippen molar-refractivity contribution in [3.8, 4) is 0 Å². The van der Waals surface area contributed by atoms with Gasteiger partial charge in [0.15, 0.2) is 0 Å². The number of halogens is 1. The molecule has 0 aliphatic heterocycles. The smallest absolute Gasteiger partial charge is 0.226 e. The van der Waals surface area contributed by atoms with Crippen LogP contribution in [0.4, 0.5) is 17.2 Å². The first kappa shape index (κ1) is 14.3. The molecule has 0 atom stereocenters. The highest BCUT2D eigenvalue weighted by Crippen LogP contribution is 2.19. The molecule has 0 fully saturated rings. The van der Waals surface area contributed by atoms with Crippen LogP contribution in [0.2, 0.25) is 5.02 Å². The van der Waals surface area contributed by atoms with E-state index in [0.717, 1.165) is 5.69 Å². The molecule has 1 aromatic carbocycles. The third-order valence-electron chi connectivity index (χ3n) is 2.65. The largest absolute Gasteiger partial charge is 0.340 e. The van der Waals surface area contributed by atoms with Crippen molar-refractivity contribution in [2.24, 2.45) is 5.92 Å². The topological polar surface area (TPSA) is 54.0 Å². The number of pyridine rings is 1. The van der Waals surface area contributed by atoms with Gasteiger partial charge in [-0.2, -0.15) is 0 Å². The number of carbonyl (C=O) groups excluding carboxylic acids is 1. The van der Waals surface area contributed by atoms with E-state index in [4.69, 9.17) is 11.6 Å². The first-order chi connectivity index (χ1) is 9.54. The Labute approximate surface area is 123 Å². The van der Waals surface area contributed by atoms with Crippen LogP contribution >= 0.6 is 11.6 Å². The van der Waals surface area contributed by atoms with E-state index in [1.807, 2.05) is 38.1 Å². The number of anilines is 3. The second kappa shape index (κ2) is 6.39. The van der Waals surface area contributed by atoms with Gasteiger partial charge in [0.1, 0.15) is 5.82 Å². The molecule has 5 heteroatoms. The van der Waals surface area contributed by atoms with Gasteiger partial charge >= 0.3 is 0 Å². The Morgan fingerprint density at radius 1 is 1.20 bits per heavy atom. The van der Waals surface area contributed by atoms with Gasteiger partial charge in [0.25, 0.3) is 0 Å². The molecule has 20 heavy (non-hydrogen) atoms. The molecule has 0 radical (unpaired) electrons. The summed E-state index contributed by atoms with van der Waals surface area (Å²) in [4.78, 5) is 15.8. The van der Waals surface area contributed by atoms with E-state index in [2.05, 4.69) is 15.6 Å². The van der Waals surface area contributed by atoms with E-state index >= 15 is 0 Å². The molecule has 0 bridgehead atoms. The van der Waals surface area contributed by atoms with Crippen LogP contribution in [0.25, 0.3) is 0 Å². The van der Waals surface area contributed by atoms with Gasteiger partial charge in [-0.1, -0.05) is 31.5 Å². The molecule has 0 aliphatic carbocycles. The van der Waals surface area contributed by atoms with E-state index in [1.54, 1.807) is 18.3 Å². The number of rotatable bonds is 4. The summed E-state index contributed by atoms with van der Waals surface area (Å²) in [7, 11) is 0. The summed E-state index contributed by atoms with van der Waals surface area (Å²) in [6.45, 7) is 3.69. The van der Waals surface area contributed by atoms with Crippen molar-refractivity contribution in [2.45, 2.75) is 13.8 Å². The third-order valence-corrected chi connectivity index (χ3v) is 2.89. The quantitative estimate of drug-likeness (QED) is 0.892. The zero-order valence-corrected chi connectivity index (χ0v) is 12.1. The van der Waals surface area contributed by atoms with E-state index in [-0.39, 0.29) is 11.8 Å². The molecule has 2 rings (SSSR count). The molecule has 2 aromatic rings. The maximum absolute atomic E-state index is 11.6. The summed E-state index contributed by atoms with van der Waals surface area (Å²) in [5.41, 5.74) is 1.55. The highest BCUT2D eigenvalue weighted by atomic mass is 35.5. The van der Waals surface area contributed by atoms with Crippen LogP contribution < -0.4 is 10.6 Å². The maximum Gasteiger partial charge on any atom is 0.226 e. The van der Waals surface area contributed by atoms with E-state index in [0.29, 0.717) is 16.5 Å². The Kier molecular flexibility index (Phi) is 4.58. The second-order valence-corrected chi connectivity index (χ2v) is 5.15. The lowest BCUT2D eigenvalue weighted by molar-refractivity contribution is -0.118. The summed E-state index contributed by atoms with van der Waals surface area (Å²) in [6.07, 6.45) is 1.62. The molecule has 0 saturated heterocycles. The Hall–Kier alpha value is -2.07. The minimum Gasteiger partial charge on any atom is -0.340 e. The van der Waals surface area contributed by atoms with Gasteiger partial charge in [0.05, 0.1) is 11.9 Å². The predicted molar refractivity (Wildman–Crippen MR) is 82.4 cm³/mol. The number of amides is 1. The van der Waals surface area contributed by atoms with Gasteiger partial charge in [0.2, 0.25) is 5.91 Å². The molecule has 0 unspecified atom stereocenters. The lowest BCUT2D eigenvalue weighted by Gasteiger charge is -2.09. The number of benzene rings is 1. The lowest BCUT2D eigenvalue weighted by Crippen LogP contribution is -2.17. The average Bonchev–Trinajstić information content (AvgIpc) is 2.41. The number of aromatic nitrogens is 1. The summed E-state index contributed by atoms with van der Waals surface area (Å²) < 4.78 is 0. The number of hydrogen-bond acceptors (Lipinski definition) is 3. The van der Waals surface area contributed by atoms with Crippen molar-refractivity contribution in [2.75, 3.05) is 10.6 Å². The second-order valence-electron chi connectivity index (χ2n) is 4.71. The van der Waals surface area contributed by atoms with Gasteiger partial charge in [-0.05, 0) is 30.3 Å². The fourth-order valence-corrected chi connectivity index (χ4v) is 1.73. The van der Waals surface area contributed by atoms with Crippen molar-refractivity contribution in [1.29, 1.82) is 0 Å². The minimum absolute atomic E-state index is 0.0256. The van der Waals surface area contributed by atoms with Crippen LogP contribution in [0.1, 0.15) is 13.8 Å². The van der Waals surface area contributed by atoms with Gasteiger partial charge in [-0.25, -0.2) is 4.98 Å². The maximum atomic E-state index is 11.6. The van der Waals surface area contributed by atoms with Gasteiger partial charge in [0, 0.05) is 16.6 Å². The molecule has 1 heterocycles. The third kappa shape index (κ3) is 3.96. The SMILES string of the molecule is CC(C)C(=O)Nc1ccc(Nc2cccc(Cl)c2)nc1.